The second kappa shape index (κ2) is 5.46. The Bertz CT molecular complexity index is 474. The predicted octanol–water partition coefficient (Wildman–Crippen LogP) is 1.54. The highest BCUT2D eigenvalue weighted by Gasteiger charge is 2.09. The maximum absolute atomic E-state index is 11.6. The van der Waals surface area contributed by atoms with E-state index in [1.165, 1.54) is 12.1 Å². The van der Waals surface area contributed by atoms with E-state index in [4.69, 9.17) is 0 Å². The molecule has 0 saturated heterocycles. The quantitative estimate of drug-likeness (QED) is 0.591. The average molecular weight is 240 g/mol. The molecule has 0 radical (unpaired) electrons. The maximum atomic E-state index is 11.6. The predicted molar refractivity (Wildman–Crippen MR) is 59.4 cm³/mol. The Balaban J connectivity index is 2.85. The van der Waals surface area contributed by atoms with Gasteiger partial charge in [0.1, 0.15) is 0 Å². The number of benzene rings is 1. The molecule has 0 heterocycles. The molecule has 1 aromatic rings. The zero-order valence-corrected chi connectivity index (χ0v) is 9.61. The van der Waals surface area contributed by atoms with Gasteiger partial charge in [0.05, 0.1) is 11.5 Å². The van der Waals surface area contributed by atoms with Crippen LogP contribution in [-0.2, 0) is 19.4 Å². The molecule has 0 aliphatic heterocycles. The molecule has 0 fully saturated rings. The summed E-state index contributed by atoms with van der Waals surface area (Å²) in [5.74, 6) is -0.665. The van der Waals surface area contributed by atoms with Crippen LogP contribution in [0.2, 0.25) is 0 Å². The molecule has 1 aromatic carbocycles. The van der Waals surface area contributed by atoms with Crippen molar-refractivity contribution >= 4 is 15.8 Å². The summed E-state index contributed by atoms with van der Waals surface area (Å²) in [6, 6.07) is 7.87. The van der Waals surface area contributed by atoms with E-state index in [0.717, 1.165) is 11.5 Å². The van der Waals surface area contributed by atoms with Crippen LogP contribution in [0.15, 0.2) is 46.7 Å². The van der Waals surface area contributed by atoms with Crippen molar-refractivity contribution in [1.29, 1.82) is 0 Å². The summed E-state index contributed by atoms with van der Waals surface area (Å²) in [4.78, 5) is 11.1. The van der Waals surface area contributed by atoms with Crippen LogP contribution < -0.4 is 0 Å². The largest absolute Gasteiger partial charge is 0.463 e. The highest BCUT2D eigenvalue weighted by atomic mass is 32.2. The zero-order valence-electron chi connectivity index (χ0n) is 8.79. The van der Waals surface area contributed by atoms with E-state index in [9.17, 15) is 13.2 Å². The van der Waals surface area contributed by atoms with Crippen molar-refractivity contribution in [2.24, 2.45) is 0 Å². The molecule has 0 N–H and O–H groups in total. The third-order valence-corrected chi connectivity index (χ3v) is 3.17. The van der Waals surface area contributed by atoms with Crippen molar-refractivity contribution in [3.05, 3.63) is 41.8 Å². The van der Waals surface area contributed by atoms with Crippen molar-refractivity contribution in [2.45, 2.75) is 11.8 Å². The standard InChI is InChI=1S/C11H12O4S/c1-2-15-11(12)8-9-16(13,14)10-6-4-3-5-7-10/h3-9H,2H2,1H3. The van der Waals surface area contributed by atoms with Gasteiger partial charge in [-0.2, -0.15) is 0 Å². The second-order valence-electron chi connectivity index (χ2n) is 2.91. The van der Waals surface area contributed by atoms with E-state index in [1.54, 1.807) is 25.1 Å². The van der Waals surface area contributed by atoms with Gasteiger partial charge in [0.2, 0.25) is 0 Å². The van der Waals surface area contributed by atoms with E-state index >= 15 is 0 Å². The number of hydrogen-bond donors (Lipinski definition) is 0. The summed E-state index contributed by atoms with van der Waals surface area (Å²) < 4.78 is 27.9. The van der Waals surface area contributed by atoms with E-state index in [0.29, 0.717) is 0 Å². The molecule has 0 amide bonds. The van der Waals surface area contributed by atoms with Gasteiger partial charge in [-0.05, 0) is 19.1 Å². The topological polar surface area (TPSA) is 60.4 Å². The summed E-state index contributed by atoms with van der Waals surface area (Å²) in [7, 11) is -3.56. The average Bonchev–Trinajstić information content (AvgIpc) is 2.28. The minimum Gasteiger partial charge on any atom is -0.463 e. The fourth-order valence-corrected chi connectivity index (χ4v) is 2.01. The van der Waals surface area contributed by atoms with Crippen molar-refractivity contribution in [3.8, 4) is 0 Å². The number of ether oxygens (including phenoxy) is 1. The molecular weight excluding hydrogens is 228 g/mol. The molecule has 5 heteroatoms. The second-order valence-corrected chi connectivity index (χ2v) is 4.75. The fraction of sp³-hybridized carbons (Fsp3) is 0.182. The number of hydrogen-bond acceptors (Lipinski definition) is 4. The van der Waals surface area contributed by atoms with Crippen LogP contribution in [0.25, 0.3) is 0 Å². The van der Waals surface area contributed by atoms with E-state index in [2.05, 4.69) is 4.74 Å². The highest BCUT2D eigenvalue weighted by molar-refractivity contribution is 7.94. The SMILES string of the molecule is CCOC(=O)C=CS(=O)(=O)c1ccccc1. The first kappa shape index (κ1) is 12.4. The molecular formula is C11H12O4S. The zero-order chi connectivity index (χ0) is 12.0. The van der Waals surface area contributed by atoms with Gasteiger partial charge in [0.25, 0.3) is 0 Å². The molecule has 0 spiro atoms. The molecule has 0 aliphatic rings. The molecule has 0 unspecified atom stereocenters. The Morgan fingerprint density at radius 3 is 2.50 bits per heavy atom. The summed E-state index contributed by atoms with van der Waals surface area (Å²) in [6.07, 6.45) is 0.909. The Morgan fingerprint density at radius 2 is 1.94 bits per heavy atom. The van der Waals surface area contributed by atoms with Gasteiger partial charge >= 0.3 is 5.97 Å². The third-order valence-electron chi connectivity index (χ3n) is 1.74. The van der Waals surface area contributed by atoms with Crippen molar-refractivity contribution in [1.82, 2.24) is 0 Å². The van der Waals surface area contributed by atoms with Crippen LogP contribution in [-0.4, -0.2) is 21.0 Å². The van der Waals surface area contributed by atoms with Gasteiger partial charge in [-0.25, -0.2) is 13.2 Å². The lowest BCUT2D eigenvalue weighted by molar-refractivity contribution is -0.137. The van der Waals surface area contributed by atoms with Crippen LogP contribution in [0.4, 0.5) is 0 Å². The Morgan fingerprint density at radius 1 is 1.31 bits per heavy atom. The fourth-order valence-electron chi connectivity index (χ4n) is 1.02. The number of esters is 1. The van der Waals surface area contributed by atoms with Gasteiger partial charge in [-0.1, -0.05) is 18.2 Å². The molecule has 0 saturated carbocycles. The minimum atomic E-state index is -3.56. The van der Waals surface area contributed by atoms with Crippen molar-refractivity contribution < 1.29 is 17.9 Å². The number of carbonyl (C=O) groups excluding carboxylic acids is 1. The number of rotatable bonds is 4. The van der Waals surface area contributed by atoms with Crippen LogP contribution in [0.3, 0.4) is 0 Å². The smallest absolute Gasteiger partial charge is 0.331 e. The first-order valence-corrected chi connectivity index (χ1v) is 6.26. The van der Waals surface area contributed by atoms with Gasteiger partial charge < -0.3 is 4.74 Å². The van der Waals surface area contributed by atoms with Gasteiger partial charge in [0, 0.05) is 11.5 Å². The lowest BCUT2D eigenvalue weighted by Gasteiger charge is -1.98. The van der Waals surface area contributed by atoms with Crippen LogP contribution in [0.1, 0.15) is 6.92 Å². The molecule has 86 valence electrons. The molecule has 1 rings (SSSR count). The van der Waals surface area contributed by atoms with Crippen LogP contribution in [0, 0.1) is 0 Å². The number of sulfone groups is 1. The third kappa shape index (κ3) is 3.51. The summed E-state index contributed by atoms with van der Waals surface area (Å²) in [5.41, 5.74) is 0. The molecule has 0 aromatic heterocycles. The summed E-state index contributed by atoms with van der Waals surface area (Å²) in [5, 5.41) is 0.848. The molecule has 4 nitrogen and oxygen atoms in total. The molecule has 16 heavy (non-hydrogen) atoms. The summed E-state index contributed by atoms with van der Waals surface area (Å²) in [6.45, 7) is 1.87. The monoisotopic (exact) mass is 240 g/mol. The van der Waals surface area contributed by atoms with Gasteiger partial charge in [-0.15, -0.1) is 0 Å². The summed E-state index contributed by atoms with van der Waals surface area (Å²) >= 11 is 0. The van der Waals surface area contributed by atoms with Crippen molar-refractivity contribution in [2.75, 3.05) is 6.61 Å². The first-order chi connectivity index (χ1) is 7.56. The van der Waals surface area contributed by atoms with Crippen LogP contribution in [0.5, 0.6) is 0 Å². The Hall–Kier alpha value is -1.62. The van der Waals surface area contributed by atoms with E-state index in [1.807, 2.05) is 0 Å². The van der Waals surface area contributed by atoms with Gasteiger partial charge in [-0.3, -0.25) is 0 Å². The lowest BCUT2D eigenvalue weighted by atomic mass is 10.4. The molecule has 0 bridgehead atoms. The molecule has 0 atom stereocenters. The lowest BCUT2D eigenvalue weighted by Crippen LogP contribution is -2.02. The van der Waals surface area contributed by atoms with Crippen LogP contribution >= 0.6 is 0 Å². The molecule has 0 aliphatic carbocycles. The minimum absolute atomic E-state index is 0.149. The first-order valence-electron chi connectivity index (χ1n) is 4.71. The normalized spacial score (nSPS) is 11.6. The Kier molecular flexibility index (Phi) is 4.25. The maximum Gasteiger partial charge on any atom is 0.331 e. The van der Waals surface area contributed by atoms with E-state index in [-0.39, 0.29) is 11.5 Å². The number of carbonyl (C=O) groups is 1. The van der Waals surface area contributed by atoms with Crippen molar-refractivity contribution in [3.63, 3.8) is 0 Å². The Labute approximate surface area is 94.5 Å². The highest BCUT2D eigenvalue weighted by Crippen LogP contribution is 2.10. The van der Waals surface area contributed by atoms with E-state index < -0.39 is 15.8 Å². The van der Waals surface area contributed by atoms with Gasteiger partial charge in [0.15, 0.2) is 9.84 Å².